The second kappa shape index (κ2) is 10.1. The topological polar surface area (TPSA) is 38.7 Å². The number of hydrogen-bond donors (Lipinski definition) is 2. The summed E-state index contributed by atoms with van der Waals surface area (Å²) in [6, 6.07) is 0.587. The zero-order valence-electron chi connectivity index (χ0n) is 8.41. The second-order valence-corrected chi connectivity index (χ2v) is 5.43. The molecule has 0 unspecified atom stereocenters. The van der Waals surface area contributed by atoms with E-state index in [9.17, 15) is 4.80 Å². The minimum absolute atomic E-state index is 0.587. The van der Waals surface area contributed by atoms with Crippen molar-refractivity contribution in [2.45, 2.75) is 19.4 Å². The molecule has 5 heteroatoms. The minimum Gasteiger partial charge on any atom is -0.390 e. The summed E-state index contributed by atoms with van der Waals surface area (Å²) < 4.78 is 9.65. The van der Waals surface area contributed by atoms with Crippen LogP contribution in [0.4, 0.5) is 0 Å². The Bertz CT molecular complexity index is 143. The smallest absolute Gasteiger partial charge is 0.390 e. The number of hydrogen-bond acceptors (Lipinski definition) is 4. The largest absolute Gasteiger partial charge is 0.497 e. The highest BCUT2D eigenvalue weighted by atomic mass is 32.1. The monoisotopic (exact) mass is 222 g/mol. The van der Waals surface area contributed by atoms with Crippen molar-refractivity contribution < 1.29 is 13.6 Å². The predicted molar refractivity (Wildman–Crippen MR) is 59.8 cm³/mol. The fourth-order valence-corrected chi connectivity index (χ4v) is 2.24. The van der Waals surface area contributed by atoms with Gasteiger partial charge in [0.1, 0.15) is 0 Å². The van der Waals surface area contributed by atoms with Gasteiger partial charge in [-0.2, -0.15) is 12.6 Å². The molecular formula is C8H18O3SSi. The molecule has 0 bridgehead atoms. The molecule has 1 N–H and O–H groups in total. The third-order valence-corrected chi connectivity index (χ3v) is 3.87. The lowest BCUT2D eigenvalue weighted by molar-refractivity contribution is 0.151. The van der Waals surface area contributed by atoms with Crippen LogP contribution in [0.2, 0.25) is 6.04 Å². The van der Waals surface area contributed by atoms with Gasteiger partial charge in [0.15, 0.2) is 0 Å². The molecule has 0 heterocycles. The van der Waals surface area contributed by atoms with Crippen LogP contribution in [-0.4, -0.2) is 33.6 Å². The van der Waals surface area contributed by atoms with E-state index in [0.29, 0.717) is 6.04 Å². The van der Waals surface area contributed by atoms with Crippen LogP contribution in [0.3, 0.4) is 0 Å². The van der Waals surface area contributed by atoms with Crippen molar-refractivity contribution in [2.24, 2.45) is 0 Å². The molecule has 3 nitrogen and oxygen atoms in total. The van der Waals surface area contributed by atoms with Gasteiger partial charge in [0.2, 0.25) is 0 Å². The molecule has 0 rings (SSSR count). The Labute approximate surface area is 87.2 Å². The Morgan fingerprint density at radius 1 is 1.46 bits per heavy atom. The molecule has 0 radical (unpaired) electrons. The van der Waals surface area contributed by atoms with Gasteiger partial charge in [0, 0.05) is 20.3 Å². The Morgan fingerprint density at radius 3 is 2.08 bits per heavy atom. The van der Waals surface area contributed by atoms with Crippen LogP contribution < -0.4 is 0 Å². The van der Waals surface area contributed by atoms with Crippen LogP contribution in [0.1, 0.15) is 13.3 Å². The van der Waals surface area contributed by atoms with Crippen LogP contribution in [0.5, 0.6) is 0 Å². The van der Waals surface area contributed by atoms with Gasteiger partial charge in [-0.1, -0.05) is 0 Å². The van der Waals surface area contributed by atoms with E-state index >= 15 is 0 Å². The van der Waals surface area contributed by atoms with E-state index in [1.54, 1.807) is 6.92 Å². The summed E-state index contributed by atoms with van der Waals surface area (Å²) in [5.74, 6) is 3.00. The maximum Gasteiger partial charge on any atom is 0.497 e. The lowest BCUT2D eigenvalue weighted by atomic mass is 10.6. The van der Waals surface area contributed by atoms with Gasteiger partial charge >= 0.3 is 8.80 Å². The van der Waals surface area contributed by atoms with E-state index in [4.69, 9.17) is 8.85 Å². The van der Waals surface area contributed by atoms with Crippen LogP contribution in [0, 0.1) is 12.3 Å². The normalized spacial score (nSPS) is 9.85. The summed E-state index contributed by atoms with van der Waals surface area (Å²) >= 11 is 4.01. The molecule has 0 aromatic heterocycles. The molecule has 0 amide bonds. The third-order valence-electron chi connectivity index (χ3n) is 1.29. The van der Waals surface area contributed by atoms with Gasteiger partial charge in [0.25, 0.3) is 0 Å². The summed E-state index contributed by atoms with van der Waals surface area (Å²) in [7, 11) is 0.166. The molecule has 78 valence electrons. The lowest BCUT2D eigenvalue weighted by Gasteiger charge is -2.18. The highest BCUT2D eigenvalue weighted by Crippen LogP contribution is 2.10. The van der Waals surface area contributed by atoms with Crippen LogP contribution in [-0.2, 0) is 8.85 Å². The Morgan fingerprint density at radius 2 is 1.85 bits per heavy atom. The van der Waals surface area contributed by atoms with Crippen molar-refractivity contribution in [3.8, 4) is 12.3 Å². The molecular weight excluding hydrogens is 204 g/mol. The predicted octanol–water partition coefficient (Wildman–Crippen LogP) is 1.17. The molecule has 0 atom stereocenters. The Balaban J connectivity index is 0. The first-order valence-corrected chi connectivity index (χ1v) is 6.51. The molecule has 0 aromatic carbocycles. The summed E-state index contributed by atoms with van der Waals surface area (Å²) in [5, 5.41) is 0. The molecule has 0 aliphatic carbocycles. The fraction of sp³-hybridized carbons (Fsp3) is 0.750. The SMILES string of the molecule is C#CC.CO[Si](O)(CCCS)OC. The fourth-order valence-electron chi connectivity index (χ4n) is 0.590. The van der Waals surface area contributed by atoms with Crippen LogP contribution in [0.25, 0.3) is 0 Å². The first-order chi connectivity index (χ1) is 6.10. The molecule has 0 aliphatic heterocycles. The van der Waals surface area contributed by atoms with Crippen molar-refractivity contribution in [1.29, 1.82) is 0 Å². The maximum absolute atomic E-state index is 9.42. The summed E-state index contributed by atoms with van der Waals surface area (Å²) in [4.78, 5) is 9.42. The van der Waals surface area contributed by atoms with E-state index in [0.717, 1.165) is 12.2 Å². The Hall–Kier alpha value is 0.00688. The van der Waals surface area contributed by atoms with Gasteiger partial charge in [-0.05, 0) is 19.1 Å². The number of terminal acetylenes is 1. The van der Waals surface area contributed by atoms with Crippen LogP contribution in [0.15, 0.2) is 0 Å². The summed E-state index contributed by atoms with van der Waals surface area (Å²) in [5.41, 5.74) is 0. The molecule has 0 aliphatic rings. The van der Waals surface area contributed by atoms with Gasteiger partial charge in [-0.25, -0.2) is 0 Å². The zero-order chi connectivity index (χ0) is 10.7. The standard InChI is InChI=1S/C5H14O3SSi.C3H4/c1-7-10(6,8-2)5-3-4-9;1-3-2/h6,9H,3-5H2,1-2H3;1H,2H3. The molecule has 13 heavy (non-hydrogen) atoms. The van der Waals surface area contributed by atoms with E-state index < -0.39 is 8.80 Å². The lowest BCUT2D eigenvalue weighted by Crippen LogP contribution is -2.40. The molecule has 0 aromatic rings. The molecule has 0 saturated heterocycles. The van der Waals surface area contributed by atoms with Crippen LogP contribution >= 0.6 is 12.6 Å². The highest BCUT2D eigenvalue weighted by Gasteiger charge is 2.32. The average Bonchev–Trinajstić information content (AvgIpc) is 2.15. The van der Waals surface area contributed by atoms with Crippen molar-refractivity contribution >= 4 is 21.4 Å². The van der Waals surface area contributed by atoms with Crippen molar-refractivity contribution in [2.75, 3.05) is 20.0 Å². The second-order valence-electron chi connectivity index (χ2n) is 2.24. The third kappa shape index (κ3) is 9.92. The highest BCUT2D eigenvalue weighted by molar-refractivity contribution is 7.80. The molecule has 0 spiro atoms. The van der Waals surface area contributed by atoms with E-state index in [-0.39, 0.29) is 0 Å². The summed E-state index contributed by atoms with van der Waals surface area (Å²) in [6.45, 7) is 1.65. The van der Waals surface area contributed by atoms with Crippen molar-refractivity contribution in [1.82, 2.24) is 0 Å². The molecule has 0 saturated carbocycles. The number of rotatable bonds is 5. The quantitative estimate of drug-likeness (QED) is 0.417. The van der Waals surface area contributed by atoms with Crippen molar-refractivity contribution in [3.05, 3.63) is 0 Å². The average molecular weight is 222 g/mol. The van der Waals surface area contributed by atoms with Crippen molar-refractivity contribution in [3.63, 3.8) is 0 Å². The van der Waals surface area contributed by atoms with Gasteiger partial charge in [-0.15, -0.1) is 12.3 Å². The Kier molecular flexibility index (Phi) is 12.0. The zero-order valence-corrected chi connectivity index (χ0v) is 10.3. The minimum atomic E-state index is -2.77. The number of thiol groups is 1. The van der Waals surface area contributed by atoms with Gasteiger partial charge in [0.05, 0.1) is 0 Å². The van der Waals surface area contributed by atoms with E-state index in [2.05, 4.69) is 25.0 Å². The van der Waals surface area contributed by atoms with E-state index in [1.807, 2.05) is 0 Å². The first-order valence-electron chi connectivity index (χ1n) is 3.91. The molecule has 0 fully saturated rings. The van der Waals surface area contributed by atoms with E-state index in [1.165, 1.54) is 14.2 Å². The maximum atomic E-state index is 9.42. The first kappa shape index (κ1) is 15.5. The van der Waals surface area contributed by atoms with Gasteiger partial charge in [-0.3, -0.25) is 0 Å². The summed E-state index contributed by atoms with van der Waals surface area (Å²) in [6.07, 6.45) is 5.42. The van der Waals surface area contributed by atoms with Gasteiger partial charge < -0.3 is 13.6 Å².